The van der Waals surface area contributed by atoms with Gasteiger partial charge in [0.25, 0.3) is 0 Å². The summed E-state index contributed by atoms with van der Waals surface area (Å²) >= 11 is 6.18. The van der Waals surface area contributed by atoms with Crippen LogP contribution in [0.5, 0.6) is 0 Å². The van der Waals surface area contributed by atoms with E-state index >= 15 is 0 Å². The number of anilines is 1. The Bertz CT molecular complexity index is 440. The van der Waals surface area contributed by atoms with E-state index in [4.69, 9.17) is 16.3 Å². The number of halogens is 1. The SMILES string of the molecule is COC(=O)C1(Nc2ccccc2Cl)CCCCCC1. The van der Waals surface area contributed by atoms with Crippen molar-refractivity contribution in [2.75, 3.05) is 12.4 Å². The number of esters is 1. The highest BCUT2D eigenvalue weighted by Gasteiger charge is 2.39. The molecular formula is C15H20ClNO2. The van der Waals surface area contributed by atoms with Crippen LogP contribution in [0.4, 0.5) is 5.69 Å². The van der Waals surface area contributed by atoms with Crippen LogP contribution in [0.15, 0.2) is 24.3 Å². The Kier molecular flexibility index (Phi) is 4.70. The highest BCUT2D eigenvalue weighted by molar-refractivity contribution is 6.33. The topological polar surface area (TPSA) is 38.3 Å². The van der Waals surface area contributed by atoms with Gasteiger partial charge in [-0.15, -0.1) is 0 Å². The summed E-state index contributed by atoms with van der Waals surface area (Å²) in [6, 6.07) is 7.52. The minimum atomic E-state index is -0.629. The number of benzene rings is 1. The number of ether oxygens (including phenoxy) is 1. The van der Waals surface area contributed by atoms with Crippen molar-refractivity contribution >= 4 is 23.3 Å². The molecule has 0 aliphatic heterocycles. The first-order valence-electron chi connectivity index (χ1n) is 6.79. The van der Waals surface area contributed by atoms with E-state index in [1.807, 2.05) is 24.3 Å². The third-order valence-corrected chi connectivity index (χ3v) is 4.11. The van der Waals surface area contributed by atoms with Crippen LogP contribution in [-0.2, 0) is 9.53 Å². The van der Waals surface area contributed by atoms with Crippen LogP contribution < -0.4 is 5.32 Å². The van der Waals surface area contributed by atoms with Crippen molar-refractivity contribution in [3.63, 3.8) is 0 Å². The lowest BCUT2D eigenvalue weighted by molar-refractivity contribution is -0.146. The fourth-order valence-corrected chi connectivity index (χ4v) is 2.91. The van der Waals surface area contributed by atoms with Crippen LogP contribution in [0.3, 0.4) is 0 Å². The van der Waals surface area contributed by atoms with Gasteiger partial charge in [0.2, 0.25) is 0 Å². The summed E-state index contributed by atoms with van der Waals surface area (Å²) < 4.78 is 5.02. The number of methoxy groups -OCH3 is 1. The Labute approximate surface area is 119 Å². The van der Waals surface area contributed by atoms with Crippen LogP contribution in [-0.4, -0.2) is 18.6 Å². The van der Waals surface area contributed by atoms with Crippen molar-refractivity contribution in [1.82, 2.24) is 0 Å². The standard InChI is InChI=1S/C15H20ClNO2/c1-19-14(18)15(10-6-2-3-7-11-15)17-13-9-5-4-8-12(13)16/h4-5,8-9,17H,2-3,6-7,10-11H2,1H3. The number of nitrogens with one attached hydrogen (secondary N) is 1. The maximum absolute atomic E-state index is 12.2. The molecule has 0 radical (unpaired) electrons. The van der Waals surface area contributed by atoms with E-state index in [1.54, 1.807) is 0 Å². The largest absolute Gasteiger partial charge is 0.467 e. The van der Waals surface area contributed by atoms with Crippen molar-refractivity contribution in [2.45, 2.75) is 44.1 Å². The van der Waals surface area contributed by atoms with Gasteiger partial charge in [0.05, 0.1) is 17.8 Å². The first-order valence-corrected chi connectivity index (χ1v) is 7.17. The van der Waals surface area contributed by atoms with Crippen molar-refractivity contribution in [1.29, 1.82) is 0 Å². The number of carbonyl (C=O) groups excluding carboxylic acids is 1. The second-order valence-electron chi connectivity index (χ2n) is 5.09. The van der Waals surface area contributed by atoms with E-state index in [2.05, 4.69) is 5.32 Å². The summed E-state index contributed by atoms with van der Waals surface area (Å²) in [6.07, 6.45) is 6.00. The summed E-state index contributed by atoms with van der Waals surface area (Å²) in [5, 5.41) is 3.98. The summed E-state index contributed by atoms with van der Waals surface area (Å²) in [4.78, 5) is 12.2. The van der Waals surface area contributed by atoms with Crippen LogP contribution in [0.1, 0.15) is 38.5 Å². The maximum Gasteiger partial charge on any atom is 0.331 e. The first-order chi connectivity index (χ1) is 9.18. The molecule has 4 heteroatoms. The van der Waals surface area contributed by atoms with E-state index in [9.17, 15) is 4.79 Å². The van der Waals surface area contributed by atoms with Crippen LogP contribution in [0.25, 0.3) is 0 Å². The van der Waals surface area contributed by atoms with Crippen LogP contribution >= 0.6 is 11.6 Å². The zero-order valence-corrected chi connectivity index (χ0v) is 12.0. The molecule has 0 aromatic heterocycles. The average molecular weight is 282 g/mol. The van der Waals surface area contributed by atoms with Gasteiger partial charge in [-0.05, 0) is 25.0 Å². The summed E-state index contributed by atoms with van der Waals surface area (Å²) in [7, 11) is 1.45. The Hall–Kier alpha value is -1.22. The zero-order chi connectivity index (χ0) is 13.7. The van der Waals surface area contributed by atoms with Crippen molar-refractivity contribution in [3.8, 4) is 0 Å². The minimum Gasteiger partial charge on any atom is -0.467 e. The lowest BCUT2D eigenvalue weighted by Gasteiger charge is -2.32. The Morgan fingerprint density at radius 3 is 2.42 bits per heavy atom. The molecule has 0 bridgehead atoms. The number of rotatable bonds is 3. The Morgan fingerprint density at radius 1 is 1.21 bits per heavy atom. The van der Waals surface area contributed by atoms with Crippen molar-refractivity contribution in [3.05, 3.63) is 29.3 Å². The Morgan fingerprint density at radius 2 is 1.84 bits per heavy atom. The molecule has 1 aliphatic rings. The molecule has 0 unspecified atom stereocenters. The van der Waals surface area contributed by atoms with E-state index in [1.165, 1.54) is 20.0 Å². The lowest BCUT2D eigenvalue weighted by atomic mass is 9.89. The zero-order valence-electron chi connectivity index (χ0n) is 11.2. The van der Waals surface area contributed by atoms with E-state index < -0.39 is 5.54 Å². The molecule has 2 rings (SSSR count). The molecule has 0 atom stereocenters. The van der Waals surface area contributed by atoms with Gasteiger partial charge in [0.1, 0.15) is 5.54 Å². The predicted molar refractivity (Wildman–Crippen MR) is 77.5 cm³/mol. The molecule has 0 amide bonds. The third kappa shape index (κ3) is 3.21. The van der Waals surface area contributed by atoms with Gasteiger partial charge >= 0.3 is 5.97 Å². The second kappa shape index (κ2) is 6.29. The summed E-state index contributed by atoms with van der Waals surface area (Å²) in [6.45, 7) is 0. The third-order valence-electron chi connectivity index (χ3n) is 3.78. The Balaban J connectivity index is 2.27. The first kappa shape index (κ1) is 14.2. The molecule has 0 heterocycles. The molecule has 1 saturated carbocycles. The maximum atomic E-state index is 12.2. The number of para-hydroxylation sites is 1. The smallest absolute Gasteiger partial charge is 0.331 e. The molecule has 1 aromatic rings. The molecule has 0 saturated heterocycles. The summed E-state index contributed by atoms with van der Waals surface area (Å²) in [5.41, 5.74) is 0.174. The lowest BCUT2D eigenvalue weighted by Crippen LogP contribution is -2.46. The van der Waals surface area contributed by atoms with E-state index in [-0.39, 0.29) is 5.97 Å². The van der Waals surface area contributed by atoms with Crippen molar-refractivity contribution in [2.24, 2.45) is 0 Å². The van der Waals surface area contributed by atoms with Gasteiger partial charge in [-0.3, -0.25) is 0 Å². The summed E-state index contributed by atoms with van der Waals surface area (Å²) in [5.74, 6) is -0.186. The molecule has 1 aliphatic carbocycles. The van der Waals surface area contributed by atoms with Gasteiger partial charge in [0.15, 0.2) is 0 Å². The highest BCUT2D eigenvalue weighted by Crippen LogP contribution is 2.34. The number of hydrogen-bond donors (Lipinski definition) is 1. The van der Waals surface area contributed by atoms with Gasteiger partial charge < -0.3 is 10.1 Å². The molecule has 3 nitrogen and oxygen atoms in total. The van der Waals surface area contributed by atoms with Gasteiger partial charge in [-0.2, -0.15) is 0 Å². The van der Waals surface area contributed by atoms with Gasteiger partial charge in [0, 0.05) is 0 Å². The predicted octanol–water partition coefficient (Wildman–Crippen LogP) is 4.02. The monoisotopic (exact) mass is 281 g/mol. The molecule has 19 heavy (non-hydrogen) atoms. The molecular weight excluding hydrogens is 262 g/mol. The van der Waals surface area contributed by atoms with E-state index in [0.717, 1.165) is 31.4 Å². The molecule has 104 valence electrons. The van der Waals surface area contributed by atoms with Gasteiger partial charge in [-0.25, -0.2) is 4.79 Å². The van der Waals surface area contributed by atoms with E-state index in [0.29, 0.717) is 5.02 Å². The average Bonchev–Trinajstić information content (AvgIpc) is 2.67. The molecule has 1 fully saturated rings. The quantitative estimate of drug-likeness (QED) is 0.672. The fraction of sp³-hybridized carbons (Fsp3) is 0.533. The molecule has 1 aromatic carbocycles. The number of carbonyl (C=O) groups is 1. The highest BCUT2D eigenvalue weighted by atomic mass is 35.5. The molecule has 1 N–H and O–H groups in total. The van der Waals surface area contributed by atoms with Crippen LogP contribution in [0, 0.1) is 0 Å². The van der Waals surface area contributed by atoms with Gasteiger partial charge in [-0.1, -0.05) is 49.4 Å². The van der Waals surface area contributed by atoms with Crippen molar-refractivity contribution < 1.29 is 9.53 Å². The molecule has 0 spiro atoms. The normalized spacial score (nSPS) is 18.4. The fourth-order valence-electron chi connectivity index (χ4n) is 2.73. The second-order valence-corrected chi connectivity index (χ2v) is 5.50. The minimum absolute atomic E-state index is 0.186. The van der Waals surface area contributed by atoms with Crippen LogP contribution in [0.2, 0.25) is 5.02 Å². The number of hydrogen-bond acceptors (Lipinski definition) is 3.